The third-order valence-electron chi connectivity index (χ3n) is 5.83. The van der Waals surface area contributed by atoms with Gasteiger partial charge in [0.2, 0.25) is 5.91 Å². The Morgan fingerprint density at radius 1 is 1.11 bits per heavy atom. The van der Waals surface area contributed by atoms with E-state index < -0.39 is 18.3 Å². The van der Waals surface area contributed by atoms with E-state index in [2.05, 4.69) is 12.1 Å². The van der Waals surface area contributed by atoms with Gasteiger partial charge in [-0.2, -0.15) is 0 Å². The molecule has 5 atom stereocenters. The number of aliphatic hydroxyl groups is 3. The second-order valence-corrected chi connectivity index (χ2v) is 8.02. The number of primary amides is 1. The van der Waals surface area contributed by atoms with Crippen LogP contribution in [0.5, 0.6) is 0 Å². The number of unbranched alkanes of at least 4 members (excludes halogenated alkanes) is 1. The van der Waals surface area contributed by atoms with Crippen LogP contribution in [0.15, 0.2) is 42.5 Å². The lowest BCUT2D eigenvalue weighted by Gasteiger charge is -2.23. The van der Waals surface area contributed by atoms with Gasteiger partial charge in [-0.25, -0.2) is 0 Å². The highest BCUT2D eigenvalue weighted by atomic mass is 16.3. The summed E-state index contributed by atoms with van der Waals surface area (Å²) in [7, 11) is 0. The first kappa shape index (κ1) is 22.6. The fraction of sp³-hybridized carbons (Fsp3) is 0.609. The van der Waals surface area contributed by atoms with Crippen molar-refractivity contribution in [3.63, 3.8) is 0 Å². The maximum atomic E-state index is 10.7. The average molecular weight is 390 g/mol. The number of benzene rings is 1. The van der Waals surface area contributed by atoms with E-state index in [1.54, 1.807) is 0 Å². The third-order valence-corrected chi connectivity index (χ3v) is 5.83. The smallest absolute Gasteiger partial charge is 0.217 e. The molecule has 0 saturated heterocycles. The number of aryl methyl sites for hydroxylation is 1. The Balaban J connectivity index is 1.74. The summed E-state index contributed by atoms with van der Waals surface area (Å²) < 4.78 is 0. The van der Waals surface area contributed by atoms with Gasteiger partial charge in [-0.15, -0.1) is 0 Å². The molecule has 0 aromatic heterocycles. The number of carbonyl (C=O) groups is 1. The van der Waals surface area contributed by atoms with Crippen molar-refractivity contribution >= 4 is 5.91 Å². The second kappa shape index (κ2) is 12.0. The van der Waals surface area contributed by atoms with Gasteiger partial charge >= 0.3 is 0 Å². The molecule has 1 aliphatic rings. The number of aliphatic hydroxyl groups excluding tert-OH is 3. The predicted molar refractivity (Wildman–Crippen MR) is 110 cm³/mol. The van der Waals surface area contributed by atoms with E-state index in [4.69, 9.17) is 5.73 Å². The SMILES string of the molecule is NC(=O)CCC/C=C/C[C@@H]1[C@@H](CC[C@@H](O)CCc2ccccc2)[C@H](O)C[C@@H]1O. The first-order chi connectivity index (χ1) is 13.5. The molecule has 0 spiro atoms. The van der Waals surface area contributed by atoms with Gasteiger partial charge in [-0.05, 0) is 68.8 Å². The number of rotatable bonds is 12. The monoisotopic (exact) mass is 389 g/mol. The molecule has 0 radical (unpaired) electrons. The highest BCUT2D eigenvalue weighted by Gasteiger charge is 2.40. The van der Waals surface area contributed by atoms with Crippen molar-refractivity contribution in [2.24, 2.45) is 17.6 Å². The molecule has 1 aliphatic carbocycles. The summed E-state index contributed by atoms with van der Waals surface area (Å²) in [5, 5.41) is 31.0. The van der Waals surface area contributed by atoms with Crippen molar-refractivity contribution < 1.29 is 20.1 Å². The molecule has 5 nitrogen and oxygen atoms in total. The van der Waals surface area contributed by atoms with E-state index in [1.165, 1.54) is 5.56 Å². The lowest BCUT2D eigenvalue weighted by molar-refractivity contribution is -0.118. The Labute approximate surface area is 168 Å². The van der Waals surface area contributed by atoms with Crippen LogP contribution in [0, 0.1) is 11.8 Å². The molecule has 1 amide bonds. The first-order valence-electron chi connectivity index (χ1n) is 10.5. The summed E-state index contributed by atoms with van der Waals surface area (Å²) in [4.78, 5) is 10.7. The Bertz CT molecular complexity index is 604. The van der Waals surface area contributed by atoms with Crippen molar-refractivity contribution in [3.05, 3.63) is 48.0 Å². The Morgan fingerprint density at radius 3 is 2.54 bits per heavy atom. The van der Waals surface area contributed by atoms with Gasteiger partial charge in [0, 0.05) is 6.42 Å². The van der Waals surface area contributed by atoms with Crippen molar-refractivity contribution in [1.82, 2.24) is 0 Å². The van der Waals surface area contributed by atoms with Crippen molar-refractivity contribution in [2.45, 2.75) is 76.1 Å². The lowest BCUT2D eigenvalue weighted by atomic mass is 9.85. The fourth-order valence-electron chi connectivity index (χ4n) is 4.18. The molecule has 0 aliphatic heterocycles. The maximum Gasteiger partial charge on any atom is 0.217 e. The molecule has 0 unspecified atom stereocenters. The van der Waals surface area contributed by atoms with Crippen LogP contribution in [-0.2, 0) is 11.2 Å². The van der Waals surface area contributed by atoms with E-state index in [0.717, 1.165) is 19.3 Å². The number of allylic oxidation sites excluding steroid dienone is 2. The molecule has 28 heavy (non-hydrogen) atoms. The van der Waals surface area contributed by atoms with Gasteiger partial charge in [0.15, 0.2) is 0 Å². The van der Waals surface area contributed by atoms with Gasteiger partial charge in [-0.3, -0.25) is 4.79 Å². The number of hydrogen-bond donors (Lipinski definition) is 4. The number of nitrogens with two attached hydrogens (primary N) is 1. The van der Waals surface area contributed by atoms with E-state index in [-0.39, 0.29) is 17.7 Å². The van der Waals surface area contributed by atoms with Crippen LogP contribution in [0.1, 0.15) is 56.9 Å². The average Bonchev–Trinajstić information content (AvgIpc) is 2.94. The summed E-state index contributed by atoms with van der Waals surface area (Å²) in [6, 6.07) is 10.1. The van der Waals surface area contributed by atoms with Crippen LogP contribution < -0.4 is 5.73 Å². The second-order valence-electron chi connectivity index (χ2n) is 8.02. The quantitative estimate of drug-likeness (QED) is 0.326. The van der Waals surface area contributed by atoms with Crippen LogP contribution >= 0.6 is 0 Å². The van der Waals surface area contributed by atoms with E-state index in [1.807, 2.05) is 30.4 Å². The molecular weight excluding hydrogens is 354 g/mol. The number of hydrogen-bond acceptors (Lipinski definition) is 4. The molecular formula is C23H35NO4. The Hall–Kier alpha value is -1.69. The van der Waals surface area contributed by atoms with Crippen molar-refractivity contribution in [3.8, 4) is 0 Å². The van der Waals surface area contributed by atoms with Gasteiger partial charge in [0.05, 0.1) is 18.3 Å². The summed E-state index contributed by atoms with van der Waals surface area (Å²) in [5.74, 6) is -0.256. The zero-order valence-electron chi connectivity index (χ0n) is 16.6. The molecule has 0 heterocycles. The molecule has 5 heteroatoms. The standard InChI is InChI=1S/C23H35NO4/c24-23(28)11-7-2-1-6-10-19-20(22(27)16-21(19)26)15-14-18(25)13-12-17-8-4-3-5-9-17/h1,3-6,8-9,18-22,25-27H,2,7,10-16H2,(H2,24,28)/b6-1+/t18-,19+,20+,21-,22+/m0/s1. The van der Waals surface area contributed by atoms with Crippen LogP contribution in [0.3, 0.4) is 0 Å². The normalized spacial score (nSPS) is 26.0. The minimum absolute atomic E-state index is 0.0108. The predicted octanol–water partition coefficient (Wildman–Crippen LogP) is 2.72. The summed E-state index contributed by atoms with van der Waals surface area (Å²) in [6.45, 7) is 0. The fourth-order valence-corrected chi connectivity index (χ4v) is 4.18. The first-order valence-corrected chi connectivity index (χ1v) is 10.5. The molecule has 5 N–H and O–H groups in total. The zero-order valence-corrected chi connectivity index (χ0v) is 16.6. The molecule has 0 bridgehead atoms. The van der Waals surface area contributed by atoms with Crippen molar-refractivity contribution in [1.29, 1.82) is 0 Å². The third kappa shape index (κ3) is 7.74. The minimum atomic E-state index is -0.510. The van der Waals surface area contributed by atoms with Gasteiger partial charge in [-0.1, -0.05) is 42.5 Å². The lowest BCUT2D eigenvalue weighted by Crippen LogP contribution is -2.23. The number of carbonyl (C=O) groups excluding carboxylic acids is 1. The Kier molecular flexibility index (Phi) is 9.68. The topological polar surface area (TPSA) is 104 Å². The number of amides is 1. The van der Waals surface area contributed by atoms with Crippen LogP contribution in [0.2, 0.25) is 0 Å². The molecule has 2 rings (SSSR count). The molecule has 1 fully saturated rings. The van der Waals surface area contributed by atoms with E-state index >= 15 is 0 Å². The van der Waals surface area contributed by atoms with E-state index in [9.17, 15) is 20.1 Å². The summed E-state index contributed by atoms with van der Waals surface area (Å²) in [6.07, 6.45) is 8.58. The van der Waals surface area contributed by atoms with Crippen LogP contribution in [0.25, 0.3) is 0 Å². The summed E-state index contributed by atoms with van der Waals surface area (Å²) >= 11 is 0. The van der Waals surface area contributed by atoms with Crippen LogP contribution in [-0.4, -0.2) is 39.5 Å². The molecule has 1 saturated carbocycles. The maximum absolute atomic E-state index is 10.7. The zero-order chi connectivity index (χ0) is 20.4. The van der Waals surface area contributed by atoms with Gasteiger partial charge in [0.1, 0.15) is 0 Å². The molecule has 1 aromatic rings. The van der Waals surface area contributed by atoms with Crippen LogP contribution in [0.4, 0.5) is 0 Å². The van der Waals surface area contributed by atoms with Gasteiger partial charge < -0.3 is 21.1 Å². The molecule has 156 valence electrons. The highest BCUT2D eigenvalue weighted by molar-refractivity contribution is 5.73. The minimum Gasteiger partial charge on any atom is -0.393 e. The highest BCUT2D eigenvalue weighted by Crippen LogP contribution is 2.38. The van der Waals surface area contributed by atoms with Crippen molar-refractivity contribution in [2.75, 3.05) is 0 Å². The van der Waals surface area contributed by atoms with E-state index in [0.29, 0.717) is 38.5 Å². The molecule has 1 aromatic carbocycles. The van der Waals surface area contributed by atoms with Gasteiger partial charge in [0.25, 0.3) is 0 Å². The summed E-state index contributed by atoms with van der Waals surface area (Å²) in [5.41, 5.74) is 6.35. The largest absolute Gasteiger partial charge is 0.393 e. The Morgan fingerprint density at radius 2 is 1.82 bits per heavy atom.